The van der Waals surface area contributed by atoms with Gasteiger partial charge in [-0.15, -0.1) is 0 Å². The molecule has 0 saturated carbocycles. The molecule has 0 radical (unpaired) electrons. The maximum absolute atomic E-state index is 13.8. The summed E-state index contributed by atoms with van der Waals surface area (Å²) >= 11 is 5.97. The number of fused-ring (bicyclic) bond motifs is 1. The SMILES string of the molecule is Cc1c(-c2ccc3ncnn3c2)n(-c2ccc(F)c(Cl)c2)c(=O)n1S(=O)(=O)c1ccccc1. The van der Waals surface area contributed by atoms with Crippen LogP contribution in [0.4, 0.5) is 4.39 Å². The molecule has 3 heterocycles. The number of imidazole rings is 1. The van der Waals surface area contributed by atoms with Crippen LogP contribution in [-0.2, 0) is 10.0 Å². The van der Waals surface area contributed by atoms with Gasteiger partial charge in [0.25, 0.3) is 10.0 Å². The molecule has 166 valence electrons. The molecule has 0 unspecified atom stereocenters. The van der Waals surface area contributed by atoms with Gasteiger partial charge in [-0.3, -0.25) is 4.57 Å². The van der Waals surface area contributed by atoms with E-state index in [2.05, 4.69) is 10.1 Å². The average Bonchev–Trinajstić information content (AvgIpc) is 3.37. The van der Waals surface area contributed by atoms with Crippen molar-refractivity contribution in [3.63, 3.8) is 0 Å². The van der Waals surface area contributed by atoms with Gasteiger partial charge in [-0.05, 0) is 49.4 Å². The lowest BCUT2D eigenvalue weighted by atomic mass is 10.1. The molecule has 0 N–H and O–H groups in total. The van der Waals surface area contributed by atoms with Crippen LogP contribution >= 0.6 is 11.6 Å². The Balaban J connectivity index is 1.87. The molecule has 3 aromatic heterocycles. The van der Waals surface area contributed by atoms with E-state index >= 15 is 0 Å². The first-order valence-electron chi connectivity index (χ1n) is 9.69. The number of aromatic nitrogens is 5. The minimum Gasteiger partial charge on any atom is -0.259 e. The summed E-state index contributed by atoms with van der Waals surface area (Å²) in [5.41, 5.74) is 0.915. The smallest absolute Gasteiger partial charge is 0.259 e. The van der Waals surface area contributed by atoms with E-state index in [1.165, 1.54) is 46.6 Å². The fraction of sp³-hybridized carbons (Fsp3) is 0.0455. The molecule has 0 atom stereocenters. The topological polar surface area (TPSA) is 91.3 Å². The summed E-state index contributed by atoms with van der Waals surface area (Å²) in [6.45, 7) is 1.53. The van der Waals surface area contributed by atoms with Crippen LogP contribution in [0.15, 0.2) is 82.9 Å². The van der Waals surface area contributed by atoms with Crippen molar-refractivity contribution < 1.29 is 12.8 Å². The molecule has 0 saturated heterocycles. The van der Waals surface area contributed by atoms with Crippen molar-refractivity contribution in [3.05, 3.63) is 100 Å². The lowest BCUT2D eigenvalue weighted by Gasteiger charge is -2.09. The molecule has 5 aromatic rings. The van der Waals surface area contributed by atoms with E-state index in [0.717, 1.165) is 10.0 Å². The van der Waals surface area contributed by atoms with E-state index in [1.54, 1.807) is 36.5 Å². The second-order valence-electron chi connectivity index (χ2n) is 7.21. The number of hydrogen-bond donors (Lipinski definition) is 0. The summed E-state index contributed by atoms with van der Waals surface area (Å²) in [5, 5.41) is 3.91. The van der Waals surface area contributed by atoms with Gasteiger partial charge in [0.1, 0.15) is 12.1 Å². The molecule has 0 aliphatic carbocycles. The standard InChI is InChI=1S/C22H15ClFN5O3S/c1-14-21(15-7-10-20-25-13-26-27(20)12-15)28(16-8-9-19(24)18(23)11-16)22(30)29(14)33(31,32)17-5-3-2-4-6-17/h2-13H,1H3. The molecule has 0 amide bonds. The van der Waals surface area contributed by atoms with Gasteiger partial charge in [-0.1, -0.05) is 29.8 Å². The third-order valence-corrected chi connectivity index (χ3v) is 7.29. The second-order valence-corrected chi connectivity index (χ2v) is 9.41. The molecule has 0 aliphatic heterocycles. The highest BCUT2D eigenvalue weighted by Crippen LogP contribution is 2.29. The summed E-state index contributed by atoms with van der Waals surface area (Å²) in [6.07, 6.45) is 3.01. The molecule has 8 nitrogen and oxygen atoms in total. The average molecular weight is 484 g/mol. The predicted octanol–water partition coefficient (Wildman–Crippen LogP) is 3.69. The van der Waals surface area contributed by atoms with Crippen LogP contribution in [0.1, 0.15) is 5.69 Å². The van der Waals surface area contributed by atoms with Crippen LogP contribution in [0.2, 0.25) is 5.02 Å². The zero-order valence-corrected chi connectivity index (χ0v) is 18.6. The van der Waals surface area contributed by atoms with E-state index in [0.29, 0.717) is 16.9 Å². The Bertz CT molecular complexity index is 1690. The molecule has 5 rings (SSSR count). The van der Waals surface area contributed by atoms with Gasteiger partial charge in [0.15, 0.2) is 5.65 Å². The van der Waals surface area contributed by atoms with Crippen molar-refractivity contribution in [1.29, 1.82) is 0 Å². The highest BCUT2D eigenvalue weighted by Gasteiger charge is 2.29. The zero-order valence-electron chi connectivity index (χ0n) is 17.1. The van der Waals surface area contributed by atoms with Crippen molar-refractivity contribution in [3.8, 4) is 16.9 Å². The van der Waals surface area contributed by atoms with Gasteiger partial charge >= 0.3 is 5.69 Å². The fourth-order valence-electron chi connectivity index (χ4n) is 3.73. The number of halogens is 2. The maximum Gasteiger partial charge on any atom is 0.347 e. The van der Waals surface area contributed by atoms with E-state index < -0.39 is 21.5 Å². The lowest BCUT2D eigenvalue weighted by Crippen LogP contribution is -2.29. The van der Waals surface area contributed by atoms with E-state index in [1.807, 2.05) is 0 Å². The Morgan fingerprint density at radius 3 is 2.52 bits per heavy atom. The molecular formula is C22H15ClFN5O3S. The van der Waals surface area contributed by atoms with E-state index in [-0.39, 0.29) is 21.3 Å². The lowest BCUT2D eigenvalue weighted by molar-refractivity contribution is 0.583. The molecule has 33 heavy (non-hydrogen) atoms. The monoisotopic (exact) mass is 483 g/mol. The van der Waals surface area contributed by atoms with Crippen molar-refractivity contribution in [2.45, 2.75) is 11.8 Å². The predicted molar refractivity (Wildman–Crippen MR) is 121 cm³/mol. The quantitative estimate of drug-likeness (QED) is 0.389. The van der Waals surface area contributed by atoms with Gasteiger partial charge in [0.05, 0.1) is 27.0 Å². The Hall–Kier alpha value is -3.76. The van der Waals surface area contributed by atoms with Crippen LogP contribution < -0.4 is 5.69 Å². The fourth-order valence-corrected chi connectivity index (χ4v) is 5.35. The molecule has 11 heteroatoms. The summed E-state index contributed by atoms with van der Waals surface area (Å²) in [7, 11) is -4.23. The van der Waals surface area contributed by atoms with Crippen molar-refractivity contribution >= 4 is 27.3 Å². The summed E-state index contributed by atoms with van der Waals surface area (Å²) in [5.74, 6) is -0.660. The molecule has 0 spiro atoms. The van der Waals surface area contributed by atoms with Crippen LogP contribution in [0.3, 0.4) is 0 Å². The number of nitrogens with zero attached hydrogens (tertiary/aromatic N) is 5. The van der Waals surface area contributed by atoms with Gasteiger partial charge < -0.3 is 0 Å². The number of rotatable bonds is 4. The minimum atomic E-state index is -4.23. The second kappa shape index (κ2) is 7.68. The van der Waals surface area contributed by atoms with Crippen LogP contribution in [0.25, 0.3) is 22.6 Å². The summed E-state index contributed by atoms with van der Waals surface area (Å²) < 4.78 is 44.1. The molecule has 2 aromatic carbocycles. The Kier molecular flexibility index (Phi) is 4.91. The highest BCUT2D eigenvalue weighted by atomic mass is 35.5. The number of pyridine rings is 1. The Morgan fingerprint density at radius 1 is 1.03 bits per heavy atom. The van der Waals surface area contributed by atoms with Crippen molar-refractivity contribution in [1.82, 2.24) is 23.1 Å². The first kappa shape index (κ1) is 21.1. The minimum absolute atomic E-state index is 0.0391. The molecular weight excluding hydrogens is 469 g/mol. The first-order valence-corrected chi connectivity index (χ1v) is 11.5. The third-order valence-electron chi connectivity index (χ3n) is 5.23. The number of benzene rings is 2. The van der Waals surface area contributed by atoms with E-state index in [4.69, 9.17) is 11.6 Å². The first-order chi connectivity index (χ1) is 15.8. The Labute approximate surface area is 192 Å². The molecule has 0 fully saturated rings. The number of hydrogen-bond acceptors (Lipinski definition) is 5. The highest BCUT2D eigenvalue weighted by molar-refractivity contribution is 7.90. The molecule has 0 aliphatic rings. The van der Waals surface area contributed by atoms with Gasteiger partial charge in [-0.25, -0.2) is 27.1 Å². The third kappa shape index (κ3) is 3.35. The van der Waals surface area contributed by atoms with Crippen LogP contribution in [0.5, 0.6) is 0 Å². The maximum atomic E-state index is 13.8. The van der Waals surface area contributed by atoms with Gasteiger partial charge in [0.2, 0.25) is 0 Å². The van der Waals surface area contributed by atoms with Crippen LogP contribution in [-0.4, -0.2) is 31.6 Å². The van der Waals surface area contributed by atoms with Gasteiger partial charge in [0, 0.05) is 11.8 Å². The van der Waals surface area contributed by atoms with Crippen LogP contribution in [0, 0.1) is 12.7 Å². The summed E-state index contributed by atoms with van der Waals surface area (Å²) in [4.78, 5) is 17.7. The van der Waals surface area contributed by atoms with Crippen molar-refractivity contribution in [2.24, 2.45) is 0 Å². The normalized spacial score (nSPS) is 11.8. The van der Waals surface area contributed by atoms with E-state index in [9.17, 15) is 17.6 Å². The molecule has 0 bridgehead atoms. The zero-order chi connectivity index (χ0) is 23.3. The van der Waals surface area contributed by atoms with Crippen molar-refractivity contribution in [2.75, 3.05) is 0 Å². The summed E-state index contributed by atoms with van der Waals surface area (Å²) in [6, 6.07) is 14.8. The largest absolute Gasteiger partial charge is 0.347 e. The van der Waals surface area contributed by atoms with Gasteiger partial charge in [-0.2, -0.15) is 9.07 Å². The Morgan fingerprint density at radius 2 is 1.79 bits per heavy atom.